The highest BCUT2D eigenvalue weighted by molar-refractivity contribution is 5.11. The van der Waals surface area contributed by atoms with Crippen LogP contribution in [0, 0.1) is 35.0 Å². The number of rotatable bonds is 5. The van der Waals surface area contributed by atoms with Crippen LogP contribution in [0.25, 0.3) is 0 Å². The number of hydrogen-bond donors (Lipinski definition) is 0. The Morgan fingerprint density at radius 1 is 1.00 bits per heavy atom. The maximum Gasteiger partial charge on any atom is 0.196 e. The zero-order valence-corrected chi connectivity index (χ0v) is 13.5. The van der Waals surface area contributed by atoms with Crippen molar-refractivity contribution in [3.05, 3.63) is 11.9 Å². The van der Waals surface area contributed by atoms with Crippen LogP contribution in [0.1, 0.15) is 77.6 Å². The summed E-state index contributed by atoms with van der Waals surface area (Å²) in [6.07, 6.45) is 15.9. The van der Waals surface area contributed by atoms with E-state index in [9.17, 15) is 4.39 Å². The van der Waals surface area contributed by atoms with Gasteiger partial charge in [0.15, 0.2) is 5.83 Å². The van der Waals surface area contributed by atoms with Crippen molar-refractivity contribution in [3.8, 4) is 6.07 Å². The second kappa shape index (κ2) is 8.57. The highest BCUT2D eigenvalue weighted by Crippen LogP contribution is 2.42. The van der Waals surface area contributed by atoms with Crippen molar-refractivity contribution in [2.24, 2.45) is 23.7 Å². The lowest BCUT2D eigenvalue weighted by Gasteiger charge is -2.37. The molecule has 2 fully saturated rings. The van der Waals surface area contributed by atoms with E-state index in [-0.39, 0.29) is 0 Å². The minimum atomic E-state index is -0.614. The zero-order valence-electron chi connectivity index (χ0n) is 13.5. The van der Waals surface area contributed by atoms with E-state index in [1.165, 1.54) is 63.9 Å². The van der Waals surface area contributed by atoms with Crippen LogP contribution in [-0.4, -0.2) is 0 Å². The second-order valence-corrected chi connectivity index (χ2v) is 7.21. The van der Waals surface area contributed by atoms with Gasteiger partial charge in [-0.1, -0.05) is 39.0 Å². The van der Waals surface area contributed by atoms with Gasteiger partial charge in [-0.05, 0) is 68.3 Å². The number of hydrogen-bond acceptors (Lipinski definition) is 1. The van der Waals surface area contributed by atoms with E-state index >= 15 is 0 Å². The van der Waals surface area contributed by atoms with Gasteiger partial charge in [0.05, 0.1) is 0 Å². The fraction of sp³-hybridized carbons (Fsp3) is 0.842. The van der Waals surface area contributed by atoms with Gasteiger partial charge < -0.3 is 0 Å². The van der Waals surface area contributed by atoms with Gasteiger partial charge in [0.2, 0.25) is 0 Å². The Hall–Kier alpha value is -0.840. The lowest BCUT2D eigenvalue weighted by molar-refractivity contribution is 0.143. The normalized spacial score (nSPS) is 34.4. The highest BCUT2D eigenvalue weighted by Gasteiger charge is 2.30. The predicted molar refractivity (Wildman–Crippen MR) is 85.2 cm³/mol. The average molecular weight is 291 g/mol. The fourth-order valence-electron chi connectivity index (χ4n) is 4.51. The van der Waals surface area contributed by atoms with E-state index in [1.54, 1.807) is 6.07 Å². The molecule has 21 heavy (non-hydrogen) atoms. The van der Waals surface area contributed by atoms with Crippen LogP contribution in [0.15, 0.2) is 11.9 Å². The summed E-state index contributed by atoms with van der Waals surface area (Å²) in [4.78, 5) is 0. The summed E-state index contributed by atoms with van der Waals surface area (Å²) < 4.78 is 12.8. The molecule has 2 saturated carbocycles. The highest BCUT2D eigenvalue weighted by atomic mass is 19.1. The second-order valence-electron chi connectivity index (χ2n) is 7.21. The van der Waals surface area contributed by atoms with Crippen molar-refractivity contribution >= 4 is 0 Å². The molecule has 2 aliphatic carbocycles. The fourth-order valence-corrected chi connectivity index (χ4v) is 4.51. The molecule has 2 rings (SSSR count). The van der Waals surface area contributed by atoms with Crippen molar-refractivity contribution < 1.29 is 4.39 Å². The molecule has 0 aliphatic heterocycles. The van der Waals surface area contributed by atoms with Crippen molar-refractivity contribution in [2.45, 2.75) is 77.6 Å². The first kappa shape index (κ1) is 16.5. The molecule has 0 heterocycles. The molecule has 118 valence electrons. The number of allylic oxidation sites excluding steroid dienone is 2. The van der Waals surface area contributed by atoms with E-state index in [0.29, 0.717) is 0 Å². The quantitative estimate of drug-likeness (QED) is 0.556. The van der Waals surface area contributed by atoms with Gasteiger partial charge in [-0.25, -0.2) is 0 Å². The summed E-state index contributed by atoms with van der Waals surface area (Å²) in [6.45, 7) is 2.33. The molecule has 0 aromatic heterocycles. The lowest BCUT2D eigenvalue weighted by atomic mass is 9.68. The van der Waals surface area contributed by atoms with E-state index < -0.39 is 5.83 Å². The van der Waals surface area contributed by atoms with Gasteiger partial charge in [-0.2, -0.15) is 9.65 Å². The predicted octanol–water partition coefficient (Wildman–Crippen LogP) is 6.17. The first-order valence-corrected chi connectivity index (χ1v) is 8.98. The molecule has 0 spiro atoms. The smallest absolute Gasteiger partial charge is 0.195 e. The first-order valence-electron chi connectivity index (χ1n) is 8.98. The summed E-state index contributed by atoms with van der Waals surface area (Å²) in [5.74, 6) is 3.10. The molecular formula is C19H30FN. The molecule has 0 N–H and O–H groups in total. The molecule has 1 nitrogen and oxygen atoms in total. The summed E-state index contributed by atoms with van der Waals surface area (Å²) in [5.41, 5.74) is 0. The van der Waals surface area contributed by atoms with Crippen LogP contribution < -0.4 is 0 Å². The minimum Gasteiger partial charge on any atom is -0.195 e. The van der Waals surface area contributed by atoms with Crippen LogP contribution in [0.4, 0.5) is 4.39 Å². The molecule has 0 saturated heterocycles. The third-order valence-electron chi connectivity index (χ3n) is 6.03. The van der Waals surface area contributed by atoms with Crippen LogP contribution >= 0.6 is 0 Å². The van der Waals surface area contributed by atoms with Gasteiger partial charge in [0.25, 0.3) is 0 Å². The number of nitriles is 1. The SMILES string of the molecule is CCC1CCC(C2CCC(CC/C=C(\F)C#N)CC2)CC1. The monoisotopic (exact) mass is 291 g/mol. The maximum atomic E-state index is 12.8. The van der Waals surface area contributed by atoms with Gasteiger partial charge >= 0.3 is 0 Å². The van der Waals surface area contributed by atoms with E-state index in [1.807, 2.05) is 0 Å². The van der Waals surface area contributed by atoms with E-state index in [2.05, 4.69) is 6.92 Å². The molecule has 2 aliphatic rings. The zero-order chi connectivity index (χ0) is 15.1. The van der Waals surface area contributed by atoms with Crippen molar-refractivity contribution in [2.75, 3.05) is 0 Å². The largest absolute Gasteiger partial charge is 0.196 e. The van der Waals surface area contributed by atoms with Gasteiger partial charge in [-0.3, -0.25) is 0 Å². The third kappa shape index (κ3) is 5.13. The molecule has 0 bridgehead atoms. The van der Waals surface area contributed by atoms with Crippen LogP contribution in [0.5, 0.6) is 0 Å². The summed E-state index contributed by atoms with van der Waals surface area (Å²) in [5, 5.41) is 8.39. The molecule has 0 atom stereocenters. The molecule has 0 unspecified atom stereocenters. The van der Waals surface area contributed by atoms with Crippen molar-refractivity contribution in [1.82, 2.24) is 0 Å². The molecular weight excluding hydrogens is 261 g/mol. The summed E-state index contributed by atoms with van der Waals surface area (Å²) in [6, 6.07) is 1.56. The van der Waals surface area contributed by atoms with Crippen LogP contribution in [-0.2, 0) is 0 Å². The van der Waals surface area contributed by atoms with Crippen LogP contribution in [0.3, 0.4) is 0 Å². The Balaban J connectivity index is 1.66. The Morgan fingerprint density at radius 2 is 1.52 bits per heavy atom. The minimum absolute atomic E-state index is 0.614. The van der Waals surface area contributed by atoms with Crippen LogP contribution in [0.2, 0.25) is 0 Å². The van der Waals surface area contributed by atoms with E-state index in [4.69, 9.17) is 5.26 Å². The standard InChI is InChI=1S/C19H30FN/c1-2-15-6-10-17(11-7-15)18-12-8-16(9-13-18)4-3-5-19(20)14-21/h5,15-18H,2-4,6-13H2,1H3/b19-5-. The number of halogens is 1. The molecule has 0 amide bonds. The Labute approximate surface area is 129 Å². The van der Waals surface area contributed by atoms with E-state index in [0.717, 1.165) is 36.5 Å². The maximum absolute atomic E-state index is 12.8. The van der Waals surface area contributed by atoms with Crippen molar-refractivity contribution in [3.63, 3.8) is 0 Å². The van der Waals surface area contributed by atoms with Crippen molar-refractivity contribution in [1.29, 1.82) is 5.26 Å². The Bertz CT molecular complexity index is 366. The Morgan fingerprint density at radius 3 is 2.00 bits per heavy atom. The number of nitrogens with zero attached hydrogens (tertiary/aromatic N) is 1. The third-order valence-corrected chi connectivity index (χ3v) is 6.03. The molecule has 0 aromatic rings. The average Bonchev–Trinajstić information content (AvgIpc) is 2.55. The van der Waals surface area contributed by atoms with Gasteiger partial charge in [0, 0.05) is 0 Å². The summed E-state index contributed by atoms with van der Waals surface area (Å²) >= 11 is 0. The molecule has 2 heteroatoms. The molecule has 0 radical (unpaired) electrons. The lowest BCUT2D eigenvalue weighted by Crippen LogP contribution is -2.25. The molecule has 0 aromatic carbocycles. The summed E-state index contributed by atoms with van der Waals surface area (Å²) in [7, 11) is 0. The van der Waals surface area contributed by atoms with Gasteiger partial charge in [0.1, 0.15) is 6.07 Å². The van der Waals surface area contributed by atoms with Gasteiger partial charge in [-0.15, -0.1) is 0 Å². The Kier molecular flexibility index (Phi) is 6.74. The topological polar surface area (TPSA) is 23.8 Å². The first-order chi connectivity index (χ1) is 10.2.